The summed E-state index contributed by atoms with van der Waals surface area (Å²) >= 11 is 0. The Morgan fingerprint density at radius 3 is 2.72 bits per heavy atom. The summed E-state index contributed by atoms with van der Waals surface area (Å²) in [6, 6.07) is 8.06. The molecule has 4 nitrogen and oxygen atoms in total. The largest absolute Gasteiger partial charge is 0.494 e. The first kappa shape index (κ1) is 14.4. The molecule has 0 unspecified atom stereocenters. The fraction of sp³-hybridized carbons (Fsp3) is 0.500. The van der Waals surface area contributed by atoms with Gasteiger partial charge in [0.1, 0.15) is 5.75 Å². The molecule has 0 bridgehead atoms. The van der Waals surface area contributed by atoms with Gasteiger partial charge >= 0.3 is 0 Å². The Kier molecular flexibility index (Phi) is 6.69. The zero-order valence-electron chi connectivity index (χ0n) is 11.3. The van der Waals surface area contributed by atoms with E-state index in [9.17, 15) is 0 Å². The molecule has 0 aliphatic rings. The van der Waals surface area contributed by atoms with Gasteiger partial charge in [-0.05, 0) is 31.9 Å². The molecule has 0 aromatic heterocycles. The van der Waals surface area contributed by atoms with Crippen molar-refractivity contribution in [1.82, 2.24) is 5.32 Å². The standard InChI is InChI=1S/C14H23N3O/c1-3-9-16-14(15)17-10-4-11-18-13-7-5-12(2)6-8-13/h5-8H,3-4,9-11H2,1-2H3,(H3,15,16,17). The minimum Gasteiger partial charge on any atom is -0.494 e. The van der Waals surface area contributed by atoms with Crippen molar-refractivity contribution >= 4 is 5.96 Å². The average Bonchev–Trinajstić information content (AvgIpc) is 2.38. The second kappa shape index (κ2) is 8.39. The Labute approximate surface area is 109 Å². The van der Waals surface area contributed by atoms with Crippen LogP contribution in [0, 0.1) is 6.92 Å². The molecule has 0 fully saturated rings. The smallest absolute Gasteiger partial charge is 0.188 e. The molecule has 1 aromatic carbocycles. The Morgan fingerprint density at radius 1 is 1.33 bits per heavy atom. The fourth-order valence-electron chi connectivity index (χ4n) is 1.40. The fourth-order valence-corrected chi connectivity index (χ4v) is 1.40. The number of ether oxygens (including phenoxy) is 1. The molecule has 0 aliphatic heterocycles. The molecule has 0 saturated heterocycles. The van der Waals surface area contributed by atoms with Gasteiger partial charge in [-0.3, -0.25) is 4.99 Å². The maximum absolute atomic E-state index is 5.67. The highest BCUT2D eigenvalue weighted by atomic mass is 16.5. The van der Waals surface area contributed by atoms with Crippen LogP contribution in [0.15, 0.2) is 29.3 Å². The Balaban J connectivity index is 2.10. The predicted octanol–water partition coefficient (Wildman–Crippen LogP) is 2.08. The number of guanidine groups is 1. The normalized spacial score (nSPS) is 11.3. The summed E-state index contributed by atoms with van der Waals surface area (Å²) in [4.78, 5) is 4.15. The van der Waals surface area contributed by atoms with E-state index in [1.807, 2.05) is 24.3 Å². The van der Waals surface area contributed by atoms with Crippen LogP contribution in [0.1, 0.15) is 25.3 Å². The van der Waals surface area contributed by atoms with E-state index in [1.54, 1.807) is 0 Å². The lowest BCUT2D eigenvalue weighted by molar-refractivity contribution is 0.311. The molecule has 0 atom stereocenters. The van der Waals surface area contributed by atoms with Gasteiger partial charge in [0.25, 0.3) is 0 Å². The third-order valence-corrected chi connectivity index (χ3v) is 2.42. The van der Waals surface area contributed by atoms with Crippen LogP contribution in [0.2, 0.25) is 0 Å². The van der Waals surface area contributed by atoms with Crippen LogP contribution in [0.25, 0.3) is 0 Å². The van der Waals surface area contributed by atoms with Gasteiger partial charge < -0.3 is 15.8 Å². The lowest BCUT2D eigenvalue weighted by atomic mass is 10.2. The Hall–Kier alpha value is -1.71. The molecule has 0 aliphatic carbocycles. The van der Waals surface area contributed by atoms with E-state index in [1.165, 1.54) is 5.56 Å². The number of aliphatic imine (C=N–C) groups is 1. The summed E-state index contributed by atoms with van der Waals surface area (Å²) in [5.41, 5.74) is 6.91. The SMILES string of the molecule is CCCN=C(N)NCCCOc1ccc(C)cc1. The van der Waals surface area contributed by atoms with Gasteiger partial charge in [-0.25, -0.2) is 0 Å². The van der Waals surface area contributed by atoms with Crippen molar-refractivity contribution < 1.29 is 4.74 Å². The molecule has 100 valence electrons. The quantitative estimate of drug-likeness (QED) is 0.442. The van der Waals surface area contributed by atoms with Crippen molar-refractivity contribution in [2.75, 3.05) is 19.7 Å². The summed E-state index contributed by atoms with van der Waals surface area (Å²) in [6.45, 7) is 6.37. The number of nitrogens with one attached hydrogen (secondary N) is 1. The van der Waals surface area contributed by atoms with Crippen LogP contribution < -0.4 is 15.8 Å². The lowest BCUT2D eigenvalue weighted by Crippen LogP contribution is -2.33. The number of rotatable bonds is 7. The van der Waals surface area contributed by atoms with Crippen LogP contribution in [-0.2, 0) is 0 Å². The summed E-state index contributed by atoms with van der Waals surface area (Å²) in [5.74, 6) is 1.43. The summed E-state index contributed by atoms with van der Waals surface area (Å²) in [7, 11) is 0. The van der Waals surface area contributed by atoms with Crippen LogP contribution >= 0.6 is 0 Å². The number of hydrogen-bond acceptors (Lipinski definition) is 2. The molecule has 18 heavy (non-hydrogen) atoms. The second-order valence-electron chi connectivity index (χ2n) is 4.21. The second-order valence-corrected chi connectivity index (χ2v) is 4.21. The monoisotopic (exact) mass is 249 g/mol. The van der Waals surface area contributed by atoms with Crippen molar-refractivity contribution in [3.8, 4) is 5.75 Å². The van der Waals surface area contributed by atoms with Gasteiger partial charge in [-0.1, -0.05) is 24.6 Å². The van der Waals surface area contributed by atoms with Crippen molar-refractivity contribution in [1.29, 1.82) is 0 Å². The first-order valence-electron chi connectivity index (χ1n) is 6.45. The Morgan fingerprint density at radius 2 is 2.06 bits per heavy atom. The maximum atomic E-state index is 5.67. The lowest BCUT2D eigenvalue weighted by Gasteiger charge is -2.07. The molecule has 1 rings (SSSR count). The molecule has 0 spiro atoms. The molecule has 3 N–H and O–H groups in total. The maximum Gasteiger partial charge on any atom is 0.188 e. The zero-order chi connectivity index (χ0) is 13.2. The first-order valence-corrected chi connectivity index (χ1v) is 6.45. The van der Waals surface area contributed by atoms with Gasteiger partial charge in [0.2, 0.25) is 0 Å². The van der Waals surface area contributed by atoms with Crippen LogP contribution in [0.3, 0.4) is 0 Å². The van der Waals surface area contributed by atoms with Crippen LogP contribution in [0.5, 0.6) is 5.75 Å². The predicted molar refractivity (Wildman–Crippen MR) is 76.1 cm³/mol. The van der Waals surface area contributed by atoms with Crippen molar-refractivity contribution in [2.45, 2.75) is 26.7 Å². The number of nitrogens with zero attached hydrogens (tertiary/aromatic N) is 1. The molecular weight excluding hydrogens is 226 g/mol. The van der Waals surface area contributed by atoms with Gasteiger partial charge in [-0.2, -0.15) is 0 Å². The molecule has 0 radical (unpaired) electrons. The number of nitrogens with two attached hydrogens (primary N) is 1. The van der Waals surface area contributed by atoms with E-state index in [0.717, 1.165) is 31.7 Å². The molecule has 0 saturated carbocycles. The van der Waals surface area contributed by atoms with Crippen LogP contribution in [-0.4, -0.2) is 25.7 Å². The third kappa shape index (κ3) is 6.13. The van der Waals surface area contributed by atoms with Gasteiger partial charge in [-0.15, -0.1) is 0 Å². The van der Waals surface area contributed by atoms with E-state index in [2.05, 4.69) is 24.2 Å². The minimum atomic E-state index is 0.521. The molecule has 4 heteroatoms. The van der Waals surface area contributed by atoms with Gasteiger partial charge in [0.15, 0.2) is 5.96 Å². The van der Waals surface area contributed by atoms with E-state index in [0.29, 0.717) is 12.6 Å². The molecule has 1 aromatic rings. The van der Waals surface area contributed by atoms with Crippen molar-refractivity contribution in [3.63, 3.8) is 0 Å². The highest BCUT2D eigenvalue weighted by Gasteiger charge is 1.94. The van der Waals surface area contributed by atoms with Gasteiger partial charge in [0, 0.05) is 13.1 Å². The average molecular weight is 249 g/mol. The number of benzene rings is 1. The van der Waals surface area contributed by atoms with E-state index >= 15 is 0 Å². The molecule has 0 heterocycles. The first-order chi connectivity index (χ1) is 8.72. The third-order valence-electron chi connectivity index (χ3n) is 2.42. The number of aryl methyl sites for hydroxylation is 1. The highest BCUT2D eigenvalue weighted by molar-refractivity contribution is 5.77. The summed E-state index contributed by atoms with van der Waals surface area (Å²) in [5, 5.41) is 3.06. The van der Waals surface area contributed by atoms with E-state index < -0.39 is 0 Å². The van der Waals surface area contributed by atoms with E-state index in [4.69, 9.17) is 10.5 Å². The Bertz CT molecular complexity index is 360. The van der Waals surface area contributed by atoms with E-state index in [-0.39, 0.29) is 0 Å². The molecular formula is C14H23N3O. The highest BCUT2D eigenvalue weighted by Crippen LogP contribution is 2.11. The van der Waals surface area contributed by atoms with Crippen LogP contribution in [0.4, 0.5) is 0 Å². The molecule has 0 amide bonds. The number of hydrogen-bond donors (Lipinski definition) is 2. The minimum absolute atomic E-state index is 0.521. The zero-order valence-corrected chi connectivity index (χ0v) is 11.3. The van der Waals surface area contributed by atoms with Gasteiger partial charge in [0.05, 0.1) is 6.61 Å². The summed E-state index contributed by atoms with van der Waals surface area (Å²) in [6.07, 6.45) is 1.91. The topological polar surface area (TPSA) is 59.6 Å². The van der Waals surface area contributed by atoms with Crippen molar-refractivity contribution in [3.05, 3.63) is 29.8 Å². The van der Waals surface area contributed by atoms with Crippen molar-refractivity contribution in [2.24, 2.45) is 10.7 Å². The summed E-state index contributed by atoms with van der Waals surface area (Å²) < 4.78 is 5.60.